The maximum atomic E-state index is 12.4. The van der Waals surface area contributed by atoms with E-state index in [1.165, 1.54) is 18.4 Å². The predicted molar refractivity (Wildman–Crippen MR) is 101 cm³/mol. The fourth-order valence-electron chi connectivity index (χ4n) is 2.93. The summed E-state index contributed by atoms with van der Waals surface area (Å²) >= 11 is 0. The van der Waals surface area contributed by atoms with Crippen molar-refractivity contribution in [2.75, 3.05) is 5.32 Å². The minimum Gasteiger partial charge on any atom is -0.348 e. The van der Waals surface area contributed by atoms with Crippen LogP contribution in [0.2, 0.25) is 0 Å². The molecule has 0 radical (unpaired) electrons. The highest BCUT2D eigenvalue weighted by molar-refractivity contribution is 5.96. The van der Waals surface area contributed by atoms with Crippen LogP contribution in [0.4, 0.5) is 10.5 Å². The normalized spacial score (nSPS) is 16.0. The SMILES string of the molecule is O=C(Nc1cccc(C(=O)NCc2ccc(C3CC3)cc2)c1)NC1CC1. The molecule has 2 fully saturated rings. The van der Waals surface area contributed by atoms with Crippen LogP contribution < -0.4 is 16.0 Å². The number of carbonyl (C=O) groups is 2. The van der Waals surface area contributed by atoms with Gasteiger partial charge in [0.05, 0.1) is 0 Å². The van der Waals surface area contributed by atoms with Crippen LogP contribution in [0.25, 0.3) is 0 Å². The largest absolute Gasteiger partial charge is 0.348 e. The Morgan fingerprint density at radius 1 is 0.962 bits per heavy atom. The zero-order valence-corrected chi connectivity index (χ0v) is 14.6. The molecule has 0 unspecified atom stereocenters. The Morgan fingerprint density at radius 3 is 2.42 bits per heavy atom. The summed E-state index contributed by atoms with van der Waals surface area (Å²) < 4.78 is 0. The van der Waals surface area contributed by atoms with Crippen molar-refractivity contribution in [3.63, 3.8) is 0 Å². The van der Waals surface area contributed by atoms with E-state index in [1.807, 2.05) is 0 Å². The summed E-state index contributed by atoms with van der Waals surface area (Å²) in [6.45, 7) is 0.490. The number of carbonyl (C=O) groups excluding carboxylic acids is 2. The minimum atomic E-state index is -0.221. The van der Waals surface area contributed by atoms with E-state index in [0.29, 0.717) is 23.8 Å². The third kappa shape index (κ3) is 4.42. The lowest BCUT2D eigenvalue weighted by molar-refractivity contribution is 0.0951. The molecule has 5 nitrogen and oxygen atoms in total. The van der Waals surface area contributed by atoms with E-state index in [2.05, 4.69) is 40.2 Å². The zero-order valence-electron chi connectivity index (χ0n) is 14.6. The van der Waals surface area contributed by atoms with Crippen LogP contribution in [0.3, 0.4) is 0 Å². The van der Waals surface area contributed by atoms with Crippen molar-refractivity contribution in [1.29, 1.82) is 0 Å². The maximum absolute atomic E-state index is 12.4. The van der Waals surface area contributed by atoms with E-state index in [0.717, 1.165) is 24.3 Å². The lowest BCUT2D eigenvalue weighted by Crippen LogP contribution is -2.30. The molecule has 2 aromatic rings. The van der Waals surface area contributed by atoms with Gasteiger partial charge in [-0.25, -0.2) is 4.79 Å². The topological polar surface area (TPSA) is 70.2 Å². The fourth-order valence-corrected chi connectivity index (χ4v) is 2.93. The fraction of sp³-hybridized carbons (Fsp3) is 0.333. The summed E-state index contributed by atoms with van der Waals surface area (Å²) in [5.74, 6) is 0.591. The molecule has 2 aliphatic rings. The minimum absolute atomic E-state index is 0.150. The maximum Gasteiger partial charge on any atom is 0.319 e. The number of urea groups is 1. The smallest absolute Gasteiger partial charge is 0.319 e. The highest BCUT2D eigenvalue weighted by Gasteiger charge is 2.23. The van der Waals surface area contributed by atoms with Crippen molar-refractivity contribution in [2.45, 2.75) is 44.2 Å². The number of amides is 3. The van der Waals surface area contributed by atoms with Crippen molar-refractivity contribution in [3.8, 4) is 0 Å². The van der Waals surface area contributed by atoms with Crippen molar-refractivity contribution in [3.05, 3.63) is 65.2 Å². The molecule has 3 N–H and O–H groups in total. The molecule has 2 aromatic carbocycles. The second kappa shape index (κ2) is 7.20. The lowest BCUT2D eigenvalue weighted by atomic mass is 10.1. The standard InChI is InChI=1S/C21H23N3O2/c25-20(22-13-14-4-6-15(7-5-14)16-8-9-16)17-2-1-3-19(12-17)24-21(26)23-18-10-11-18/h1-7,12,16,18H,8-11,13H2,(H,22,25)(H2,23,24,26). The van der Waals surface area contributed by atoms with Gasteiger partial charge in [0.1, 0.15) is 0 Å². The summed E-state index contributed by atoms with van der Waals surface area (Å²) in [5, 5.41) is 8.57. The van der Waals surface area contributed by atoms with E-state index >= 15 is 0 Å². The second-order valence-corrected chi connectivity index (χ2v) is 7.15. The van der Waals surface area contributed by atoms with Gasteiger partial charge >= 0.3 is 6.03 Å². The summed E-state index contributed by atoms with van der Waals surface area (Å²) in [5.41, 5.74) is 3.62. The van der Waals surface area contributed by atoms with Gasteiger partial charge < -0.3 is 16.0 Å². The third-order valence-electron chi connectivity index (χ3n) is 4.78. The second-order valence-electron chi connectivity index (χ2n) is 7.15. The Morgan fingerprint density at radius 2 is 1.73 bits per heavy atom. The van der Waals surface area contributed by atoms with E-state index in [4.69, 9.17) is 0 Å². The Labute approximate surface area is 153 Å². The average molecular weight is 349 g/mol. The molecular weight excluding hydrogens is 326 g/mol. The predicted octanol–water partition coefficient (Wildman–Crippen LogP) is 3.78. The van der Waals surface area contributed by atoms with E-state index in [9.17, 15) is 9.59 Å². The van der Waals surface area contributed by atoms with E-state index in [1.54, 1.807) is 24.3 Å². The van der Waals surface area contributed by atoms with Gasteiger partial charge in [-0.15, -0.1) is 0 Å². The summed E-state index contributed by atoms with van der Waals surface area (Å²) in [4.78, 5) is 24.2. The van der Waals surface area contributed by atoms with Crippen LogP contribution in [-0.2, 0) is 6.54 Å². The lowest BCUT2D eigenvalue weighted by Gasteiger charge is -2.09. The van der Waals surface area contributed by atoms with Crippen molar-refractivity contribution < 1.29 is 9.59 Å². The van der Waals surface area contributed by atoms with Crippen LogP contribution in [0.5, 0.6) is 0 Å². The molecule has 0 aromatic heterocycles. The molecule has 134 valence electrons. The third-order valence-corrected chi connectivity index (χ3v) is 4.78. The zero-order chi connectivity index (χ0) is 17.9. The first-order chi connectivity index (χ1) is 12.7. The Hall–Kier alpha value is -2.82. The van der Waals surface area contributed by atoms with Gasteiger partial charge in [0.2, 0.25) is 0 Å². The van der Waals surface area contributed by atoms with Gasteiger partial charge in [-0.05, 0) is 60.9 Å². The van der Waals surface area contributed by atoms with Gasteiger partial charge in [0, 0.05) is 23.8 Å². The molecule has 4 rings (SSSR count). The summed E-state index contributed by atoms with van der Waals surface area (Å²) in [7, 11) is 0. The average Bonchev–Trinajstić information content (AvgIpc) is 3.54. The van der Waals surface area contributed by atoms with Crippen LogP contribution >= 0.6 is 0 Å². The number of rotatable bonds is 6. The Bertz CT molecular complexity index is 808. The molecule has 0 spiro atoms. The van der Waals surface area contributed by atoms with Crippen molar-refractivity contribution in [2.24, 2.45) is 0 Å². The Balaban J connectivity index is 1.31. The van der Waals surface area contributed by atoms with E-state index in [-0.39, 0.29) is 11.9 Å². The molecule has 5 heteroatoms. The number of hydrogen-bond acceptors (Lipinski definition) is 2. The number of benzene rings is 2. The number of nitrogens with one attached hydrogen (secondary N) is 3. The van der Waals surface area contributed by atoms with E-state index < -0.39 is 0 Å². The first-order valence-corrected chi connectivity index (χ1v) is 9.22. The van der Waals surface area contributed by atoms with Crippen LogP contribution in [0.1, 0.15) is 53.1 Å². The highest BCUT2D eigenvalue weighted by atomic mass is 16.2. The van der Waals surface area contributed by atoms with Gasteiger partial charge in [0.15, 0.2) is 0 Å². The molecular formula is C21H23N3O2. The van der Waals surface area contributed by atoms with Gasteiger partial charge in [0.25, 0.3) is 5.91 Å². The molecule has 0 aliphatic heterocycles. The molecule has 0 heterocycles. The van der Waals surface area contributed by atoms with Crippen molar-refractivity contribution >= 4 is 17.6 Å². The molecule has 0 atom stereocenters. The quantitative estimate of drug-likeness (QED) is 0.743. The number of hydrogen-bond donors (Lipinski definition) is 3. The molecule has 0 saturated heterocycles. The van der Waals surface area contributed by atoms with Gasteiger partial charge in [-0.1, -0.05) is 30.3 Å². The molecule has 26 heavy (non-hydrogen) atoms. The Kier molecular flexibility index (Phi) is 4.61. The monoisotopic (exact) mass is 349 g/mol. The van der Waals surface area contributed by atoms with Gasteiger partial charge in [-0.2, -0.15) is 0 Å². The number of anilines is 1. The van der Waals surface area contributed by atoms with Crippen LogP contribution in [0, 0.1) is 0 Å². The summed E-state index contributed by atoms with van der Waals surface area (Å²) in [6.07, 6.45) is 4.66. The summed E-state index contributed by atoms with van der Waals surface area (Å²) in [6, 6.07) is 15.5. The first kappa shape index (κ1) is 16.6. The molecule has 2 aliphatic carbocycles. The molecule has 2 saturated carbocycles. The van der Waals surface area contributed by atoms with Crippen LogP contribution in [-0.4, -0.2) is 18.0 Å². The van der Waals surface area contributed by atoms with Gasteiger partial charge in [-0.3, -0.25) is 4.79 Å². The highest BCUT2D eigenvalue weighted by Crippen LogP contribution is 2.39. The first-order valence-electron chi connectivity index (χ1n) is 9.22. The molecule has 0 bridgehead atoms. The molecule has 3 amide bonds. The van der Waals surface area contributed by atoms with Crippen molar-refractivity contribution in [1.82, 2.24) is 10.6 Å². The van der Waals surface area contributed by atoms with Crippen LogP contribution in [0.15, 0.2) is 48.5 Å².